The monoisotopic (exact) mass is 255 g/mol. The molecule has 102 valence electrons. The molecule has 0 aromatic heterocycles. The van der Waals surface area contributed by atoms with Crippen LogP contribution < -0.4 is 0 Å². The van der Waals surface area contributed by atoms with Gasteiger partial charge in [-0.1, -0.05) is 6.08 Å². The van der Waals surface area contributed by atoms with E-state index >= 15 is 0 Å². The van der Waals surface area contributed by atoms with Crippen molar-refractivity contribution >= 4 is 12.1 Å². The Morgan fingerprint density at radius 2 is 1.94 bits per heavy atom. The highest BCUT2D eigenvalue weighted by atomic mass is 16.6. The molecule has 1 amide bonds. The molecule has 0 aromatic carbocycles. The van der Waals surface area contributed by atoms with E-state index in [0.717, 1.165) is 0 Å². The molecule has 5 heteroatoms. The molecule has 0 bridgehead atoms. The van der Waals surface area contributed by atoms with Crippen molar-refractivity contribution in [2.24, 2.45) is 5.41 Å². The Morgan fingerprint density at radius 1 is 1.39 bits per heavy atom. The fraction of sp³-hybridized carbons (Fsp3) is 0.692. The van der Waals surface area contributed by atoms with Crippen LogP contribution in [0.15, 0.2) is 12.7 Å². The van der Waals surface area contributed by atoms with Crippen LogP contribution in [-0.2, 0) is 14.3 Å². The van der Waals surface area contributed by atoms with Gasteiger partial charge in [-0.3, -0.25) is 4.79 Å². The fourth-order valence-electron chi connectivity index (χ4n) is 1.97. The topological polar surface area (TPSA) is 55.8 Å². The van der Waals surface area contributed by atoms with Gasteiger partial charge < -0.3 is 14.4 Å². The van der Waals surface area contributed by atoms with Gasteiger partial charge in [-0.25, -0.2) is 4.79 Å². The third kappa shape index (κ3) is 3.03. The van der Waals surface area contributed by atoms with Crippen LogP contribution in [0.3, 0.4) is 0 Å². The summed E-state index contributed by atoms with van der Waals surface area (Å²) in [4.78, 5) is 25.0. The Hall–Kier alpha value is -1.52. The summed E-state index contributed by atoms with van der Waals surface area (Å²) in [6, 6.07) is 0. The van der Waals surface area contributed by atoms with E-state index in [4.69, 9.17) is 9.47 Å². The molecule has 0 saturated carbocycles. The van der Waals surface area contributed by atoms with Gasteiger partial charge in [0, 0.05) is 13.1 Å². The van der Waals surface area contributed by atoms with Crippen LogP contribution in [0.2, 0.25) is 0 Å². The van der Waals surface area contributed by atoms with E-state index in [-0.39, 0.29) is 5.97 Å². The van der Waals surface area contributed by atoms with Gasteiger partial charge in [-0.05, 0) is 27.2 Å². The van der Waals surface area contributed by atoms with Crippen LogP contribution >= 0.6 is 0 Å². The maximum atomic E-state index is 11.8. The van der Waals surface area contributed by atoms with E-state index < -0.39 is 17.1 Å². The average Bonchev–Trinajstić information content (AvgIpc) is 2.18. The Balaban J connectivity index is 2.61. The van der Waals surface area contributed by atoms with Gasteiger partial charge in [0.25, 0.3) is 0 Å². The lowest BCUT2D eigenvalue weighted by atomic mass is 9.77. The first-order valence-electron chi connectivity index (χ1n) is 5.91. The maximum absolute atomic E-state index is 11.8. The standard InChI is InChI=1S/C13H21NO4/c1-6-7-13(10(15)17-5)8-14(9-13)11(16)18-12(2,3)4/h6H,1,7-9H2,2-5H3. The number of hydrogen-bond acceptors (Lipinski definition) is 4. The van der Waals surface area contributed by atoms with Crippen molar-refractivity contribution in [3.8, 4) is 0 Å². The SMILES string of the molecule is C=CCC1(C(=O)OC)CN(C(=O)OC(C)(C)C)C1. The molecule has 18 heavy (non-hydrogen) atoms. The van der Waals surface area contributed by atoms with Crippen LogP contribution in [0.25, 0.3) is 0 Å². The second-order valence-electron chi connectivity index (χ2n) is 5.60. The largest absolute Gasteiger partial charge is 0.468 e. The molecule has 5 nitrogen and oxygen atoms in total. The van der Waals surface area contributed by atoms with Crippen molar-refractivity contribution in [3.63, 3.8) is 0 Å². The Morgan fingerprint density at radius 3 is 2.33 bits per heavy atom. The molecule has 0 unspecified atom stereocenters. The summed E-state index contributed by atoms with van der Waals surface area (Å²) in [5.74, 6) is -0.304. The Kier molecular flexibility index (Phi) is 4.04. The van der Waals surface area contributed by atoms with Crippen molar-refractivity contribution in [2.45, 2.75) is 32.8 Å². The van der Waals surface area contributed by atoms with Crippen molar-refractivity contribution in [3.05, 3.63) is 12.7 Å². The second-order valence-corrected chi connectivity index (χ2v) is 5.60. The smallest absolute Gasteiger partial charge is 0.410 e. The minimum atomic E-state index is -0.645. The molecule has 1 heterocycles. The summed E-state index contributed by atoms with van der Waals surface area (Å²) >= 11 is 0. The summed E-state index contributed by atoms with van der Waals surface area (Å²) in [6.45, 7) is 9.69. The molecular formula is C13H21NO4. The first kappa shape index (κ1) is 14.5. The molecule has 0 atom stereocenters. The number of nitrogens with zero attached hydrogens (tertiary/aromatic N) is 1. The normalized spacial score (nSPS) is 17.7. The van der Waals surface area contributed by atoms with E-state index in [1.54, 1.807) is 6.08 Å². The lowest BCUT2D eigenvalue weighted by molar-refractivity contribution is -0.162. The summed E-state index contributed by atoms with van der Waals surface area (Å²) < 4.78 is 10.0. The molecule has 0 aliphatic carbocycles. The van der Waals surface area contributed by atoms with E-state index in [9.17, 15) is 9.59 Å². The number of methoxy groups -OCH3 is 1. The van der Waals surface area contributed by atoms with E-state index in [0.29, 0.717) is 19.5 Å². The first-order valence-corrected chi connectivity index (χ1v) is 5.91. The predicted molar refractivity (Wildman–Crippen MR) is 67.1 cm³/mol. The van der Waals surface area contributed by atoms with Crippen molar-refractivity contribution in [1.82, 2.24) is 4.90 Å². The number of esters is 1. The second kappa shape index (κ2) is 5.00. The number of allylic oxidation sites excluding steroid dienone is 1. The molecular weight excluding hydrogens is 234 g/mol. The quantitative estimate of drug-likeness (QED) is 0.571. The number of carbonyl (C=O) groups is 2. The molecule has 0 radical (unpaired) electrons. The minimum absolute atomic E-state index is 0.304. The van der Waals surface area contributed by atoms with Gasteiger partial charge in [-0.15, -0.1) is 6.58 Å². The molecule has 1 aliphatic rings. The zero-order chi connectivity index (χ0) is 14.0. The summed E-state index contributed by atoms with van der Waals surface area (Å²) in [5, 5.41) is 0. The molecule has 0 spiro atoms. The van der Waals surface area contributed by atoms with Gasteiger partial charge in [0.05, 0.1) is 7.11 Å². The van der Waals surface area contributed by atoms with Crippen LogP contribution in [0.1, 0.15) is 27.2 Å². The number of likely N-dealkylation sites (tertiary alicyclic amines) is 1. The summed E-state index contributed by atoms with van der Waals surface area (Å²) in [5.41, 5.74) is -1.17. The zero-order valence-electron chi connectivity index (χ0n) is 11.5. The summed E-state index contributed by atoms with van der Waals surface area (Å²) in [7, 11) is 1.35. The molecule has 1 rings (SSSR count). The van der Waals surface area contributed by atoms with Gasteiger partial charge in [0.2, 0.25) is 0 Å². The Bertz CT molecular complexity index is 350. The van der Waals surface area contributed by atoms with Crippen molar-refractivity contribution in [2.75, 3.05) is 20.2 Å². The third-order valence-corrected chi connectivity index (χ3v) is 2.79. The third-order valence-electron chi connectivity index (χ3n) is 2.79. The highest BCUT2D eigenvalue weighted by Crippen LogP contribution is 2.36. The molecule has 1 fully saturated rings. The minimum Gasteiger partial charge on any atom is -0.468 e. The Labute approximate surface area is 108 Å². The van der Waals surface area contributed by atoms with E-state index in [2.05, 4.69) is 6.58 Å². The van der Waals surface area contributed by atoms with Crippen LogP contribution in [0.4, 0.5) is 4.79 Å². The van der Waals surface area contributed by atoms with E-state index in [1.165, 1.54) is 12.0 Å². The zero-order valence-corrected chi connectivity index (χ0v) is 11.5. The predicted octanol–water partition coefficient (Wildman–Crippen LogP) is 1.97. The number of ether oxygens (including phenoxy) is 2. The summed E-state index contributed by atoms with van der Waals surface area (Å²) in [6.07, 6.45) is 1.77. The number of amides is 1. The van der Waals surface area contributed by atoms with Gasteiger partial charge in [0.15, 0.2) is 0 Å². The highest BCUT2D eigenvalue weighted by molar-refractivity contribution is 5.82. The van der Waals surface area contributed by atoms with Crippen LogP contribution in [0, 0.1) is 5.41 Å². The average molecular weight is 255 g/mol. The van der Waals surface area contributed by atoms with Gasteiger partial charge >= 0.3 is 12.1 Å². The fourth-order valence-corrected chi connectivity index (χ4v) is 1.97. The van der Waals surface area contributed by atoms with Crippen molar-refractivity contribution in [1.29, 1.82) is 0 Å². The van der Waals surface area contributed by atoms with Crippen molar-refractivity contribution < 1.29 is 19.1 Å². The number of rotatable bonds is 3. The lowest BCUT2D eigenvalue weighted by Crippen LogP contribution is -2.62. The van der Waals surface area contributed by atoms with Gasteiger partial charge in [0.1, 0.15) is 11.0 Å². The van der Waals surface area contributed by atoms with Crippen LogP contribution in [0.5, 0.6) is 0 Å². The highest BCUT2D eigenvalue weighted by Gasteiger charge is 2.52. The van der Waals surface area contributed by atoms with Crippen LogP contribution in [-0.4, -0.2) is 42.8 Å². The molecule has 0 aromatic rings. The maximum Gasteiger partial charge on any atom is 0.410 e. The number of hydrogen-bond donors (Lipinski definition) is 0. The molecule has 0 N–H and O–H groups in total. The lowest BCUT2D eigenvalue weighted by Gasteiger charge is -2.47. The van der Waals surface area contributed by atoms with E-state index in [1.807, 2.05) is 20.8 Å². The molecule has 1 saturated heterocycles. The first-order chi connectivity index (χ1) is 8.24. The molecule has 1 aliphatic heterocycles. The number of carbonyl (C=O) groups excluding carboxylic acids is 2. The van der Waals surface area contributed by atoms with Gasteiger partial charge in [-0.2, -0.15) is 0 Å².